The molecule has 1 fully saturated rings. The molecule has 3 aliphatic rings. The van der Waals surface area contributed by atoms with Crippen LogP contribution in [0.1, 0.15) is 35.4 Å². The van der Waals surface area contributed by atoms with Crippen LogP contribution in [0.4, 0.5) is 5.69 Å². The predicted octanol–water partition coefficient (Wildman–Crippen LogP) is 5.27. The van der Waals surface area contributed by atoms with Crippen LogP contribution in [0.2, 0.25) is 5.02 Å². The van der Waals surface area contributed by atoms with Gasteiger partial charge >= 0.3 is 0 Å². The smallest absolute Gasteiger partial charge is 0.0544 e. The van der Waals surface area contributed by atoms with E-state index in [0.29, 0.717) is 12.0 Å². The fraction of sp³-hybridized carbons (Fsp3) is 0.364. The summed E-state index contributed by atoms with van der Waals surface area (Å²) in [5.74, 6) is 1.85. The van der Waals surface area contributed by atoms with Crippen molar-refractivity contribution in [2.75, 3.05) is 30.3 Å². The van der Waals surface area contributed by atoms with Crippen LogP contribution >= 0.6 is 23.4 Å². The van der Waals surface area contributed by atoms with E-state index in [1.165, 1.54) is 41.3 Å². The first-order valence-corrected chi connectivity index (χ1v) is 10.9. The standard InChI is InChI=1S/C22H23ClN2S/c23-19-5-2-1-4-16(19)7-6-15-12-17-18-14-24-9-8-20(18)25-10-3-11-26-21(13-15)22(17)25/h1-2,4-7,12-13,18,20,24H,3,8-11,14H2/b7-6+/t18-,20-/m0/s1. The SMILES string of the molecule is Clc1ccccc1/C=C/c1cc2c3c(c1)[C@@H]1CNCC[C@@H]1N3CCCS2. The van der Waals surface area contributed by atoms with Crippen LogP contribution in [0.15, 0.2) is 41.3 Å². The molecule has 134 valence electrons. The van der Waals surface area contributed by atoms with Gasteiger partial charge in [-0.2, -0.15) is 0 Å². The molecule has 2 atom stereocenters. The first-order chi connectivity index (χ1) is 12.8. The maximum absolute atomic E-state index is 6.31. The highest BCUT2D eigenvalue weighted by atomic mass is 35.5. The summed E-state index contributed by atoms with van der Waals surface area (Å²) in [7, 11) is 0. The van der Waals surface area contributed by atoms with Crippen molar-refractivity contribution in [1.29, 1.82) is 0 Å². The molecule has 2 aromatic carbocycles. The summed E-state index contributed by atoms with van der Waals surface area (Å²) in [6, 6.07) is 13.5. The van der Waals surface area contributed by atoms with Gasteiger partial charge in [-0.15, -0.1) is 11.8 Å². The third-order valence-electron chi connectivity index (χ3n) is 5.82. The molecule has 2 aromatic rings. The molecular weight excluding hydrogens is 360 g/mol. The highest BCUT2D eigenvalue weighted by Crippen LogP contribution is 2.50. The molecule has 1 saturated heterocycles. The fourth-order valence-electron chi connectivity index (χ4n) is 4.64. The van der Waals surface area contributed by atoms with Crippen molar-refractivity contribution in [2.45, 2.75) is 29.7 Å². The number of anilines is 1. The lowest BCUT2D eigenvalue weighted by molar-refractivity contribution is 0.403. The topological polar surface area (TPSA) is 15.3 Å². The molecule has 2 nitrogen and oxygen atoms in total. The number of nitrogens with one attached hydrogen (secondary N) is 1. The zero-order valence-electron chi connectivity index (χ0n) is 14.7. The molecule has 0 spiro atoms. The quantitative estimate of drug-likeness (QED) is 0.712. The largest absolute Gasteiger partial charge is 0.367 e. The normalized spacial score (nSPS) is 24.4. The molecular formula is C22H23ClN2S. The van der Waals surface area contributed by atoms with Gasteiger partial charge in [-0.1, -0.05) is 42.0 Å². The molecule has 5 rings (SSSR count). The number of thioether (sulfide) groups is 1. The van der Waals surface area contributed by atoms with Crippen LogP contribution in [-0.2, 0) is 0 Å². The molecule has 0 radical (unpaired) electrons. The minimum atomic E-state index is 0.630. The summed E-state index contributed by atoms with van der Waals surface area (Å²) in [4.78, 5) is 4.19. The van der Waals surface area contributed by atoms with Gasteiger partial charge in [0.25, 0.3) is 0 Å². The zero-order valence-corrected chi connectivity index (χ0v) is 16.3. The third kappa shape index (κ3) is 2.87. The molecule has 0 bridgehead atoms. The number of hydrogen-bond donors (Lipinski definition) is 1. The molecule has 3 heterocycles. The Hall–Kier alpha value is -1.42. The second kappa shape index (κ2) is 6.95. The Morgan fingerprint density at radius 3 is 3.04 bits per heavy atom. The fourth-order valence-corrected chi connectivity index (χ4v) is 5.92. The van der Waals surface area contributed by atoms with Gasteiger partial charge in [-0.05, 0) is 60.0 Å². The lowest BCUT2D eigenvalue weighted by Gasteiger charge is -2.33. The average molecular weight is 383 g/mol. The molecule has 26 heavy (non-hydrogen) atoms. The number of nitrogens with zero attached hydrogens (tertiary/aromatic N) is 1. The predicted molar refractivity (Wildman–Crippen MR) is 114 cm³/mol. The molecule has 0 aromatic heterocycles. The van der Waals surface area contributed by atoms with Crippen LogP contribution in [0, 0.1) is 0 Å². The first kappa shape index (κ1) is 16.7. The van der Waals surface area contributed by atoms with Gasteiger partial charge in [-0.3, -0.25) is 0 Å². The summed E-state index contributed by atoms with van der Waals surface area (Å²) < 4.78 is 0. The lowest BCUT2D eigenvalue weighted by Crippen LogP contribution is -2.44. The van der Waals surface area contributed by atoms with Gasteiger partial charge in [0.15, 0.2) is 0 Å². The van der Waals surface area contributed by atoms with E-state index in [4.69, 9.17) is 11.6 Å². The number of halogens is 1. The van der Waals surface area contributed by atoms with Crippen molar-refractivity contribution in [1.82, 2.24) is 5.32 Å². The molecule has 0 aliphatic carbocycles. The second-order valence-corrected chi connectivity index (χ2v) is 8.92. The van der Waals surface area contributed by atoms with E-state index in [1.807, 2.05) is 30.0 Å². The Kier molecular flexibility index (Phi) is 4.48. The number of hydrogen-bond acceptors (Lipinski definition) is 3. The summed E-state index contributed by atoms with van der Waals surface area (Å²) in [5.41, 5.74) is 5.44. The van der Waals surface area contributed by atoms with Crippen molar-refractivity contribution < 1.29 is 0 Å². The summed E-state index contributed by atoms with van der Waals surface area (Å²) in [6.45, 7) is 3.46. The van der Waals surface area contributed by atoms with E-state index >= 15 is 0 Å². The maximum Gasteiger partial charge on any atom is 0.0544 e. The van der Waals surface area contributed by atoms with Crippen molar-refractivity contribution >= 4 is 41.2 Å². The number of rotatable bonds is 2. The van der Waals surface area contributed by atoms with E-state index in [2.05, 4.69) is 40.6 Å². The van der Waals surface area contributed by atoms with Crippen LogP contribution in [-0.4, -0.2) is 31.4 Å². The van der Waals surface area contributed by atoms with Gasteiger partial charge < -0.3 is 10.2 Å². The maximum atomic E-state index is 6.31. The monoisotopic (exact) mass is 382 g/mol. The Morgan fingerprint density at radius 2 is 2.12 bits per heavy atom. The highest BCUT2D eigenvalue weighted by Gasteiger charge is 2.41. The van der Waals surface area contributed by atoms with E-state index in [1.54, 1.807) is 5.56 Å². The van der Waals surface area contributed by atoms with Crippen LogP contribution < -0.4 is 10.2 Å². The van der Waals surface area contributed by atoms with E-state index in [0.717, 1.165) is 23.7 Å². The van der Waals surface area contributed by atoms with Gasteiger partial charge in [0.2, 0.25) is 0 Å². The second-order valence-electron chi connectivity index (χ2n) is 7.37. The molecule has 0 amide bonds. The lowest BCUT2D eigenvalue weighted by atomic mass is 9.89. The molecule has 1 N–H and O–H groups in total. The summed E-state index contributed by atoms with van der Waals surface area (Å²) in [5, 5.41) is 4.42. The third-order valence-corrected chi connectivity index (χ3v) is 7.28. The van der Waals surface area contributed by atoms with Gasteiger partial charge in [0, 0.05) is 35.0 Å². The molecule has 0 unspecified atom stereocenters. The molecule has 4 heteroatoms. The van der Waals surface area contributed by atoms with Crippen molar-refractivity contribution in [3.05, 3.63) is 58.1 Å². The first-order valence-electron chi connectivity index (χ1n) is 9.52. The van der Waals surface area contributed by atoms with Crippen molar-refractivity contribution in [2.24, 2.45) is 0 Å². The average Bonchev–Trinajstić information content (AvgIpc) is 2.83. The Bertz CT molecular complexity index is 863. The summed E-state index contributed by atoms with van der Waals surface area (Å²) >= 11 is 8.34. The van der Waals surface area contributed by atoms with Crippen molar-refractivity contribution in [3.8, 4) is 0 Å². The Morgan fingerprint density at radius 1 is 1.19 bits per heavy atom. The van der Waals surface area contributed by atoms with Crippen LogP contribution in [0.3, 0.4) is 0 Å². The van der Waals surface area contributed by atoms with E-state index < -0.39 is 0 Å². The molecule has 3 aliphatic heterocycles. The zero-order chi connectivity index (χ0) is 17.5. The van der Waals surface area contributed by atoms with Crippen molar-refractivity contribution in [3.63, 3.8) is 0 Å². The Balaban J connectivity index is 1.56. The highest BCUT2D eigenvalue weighted by molar-refractivity contribution is 7.99. The van der Waals surface area contributed by atoms with E-state index in [9.17, 15) is 0 Å². The van der Waals surface area contributed by atoms with Crippen LogP contribution in [0.5, 0.6) is 0 Å². The number of piperidine rings is 1. The number of benzene rings is 2. The summed E-state index contributed by atoms with van der Waals surface area (Å²) in [6.07, 6.45) is 6.90. The minimum Gasteiger partial charge on any atom is -0.367 e. The minimum absolute atomic E-state index is 0.630. The number of fused-ring (bicyclic) bond motifs is 3. The van der Waals surface area contributed by atoms with E-state index in [-0.39, 0.29) is 0 Å². The Labute approximate surface area is 164 Å². The van der Waals surface area contributed by atoms with Gasteiger partial charge in [0.05, 0.1) is 5.69 Å². The van der Waals surface area contributed by atoms with Crippen LogP contribution in [0.25, 0.3) is 12.2 Å². The molecule has 0 saturated carbocycles. The van der Waals surface area contributed by atoms with Gasteiger partial charge in [-0.25, -0.2) is 0 Å². The van der Waals surface area contributed by atoms with Gasteiger partial charge in [0.1, 0.15) is 0 Å².